The lowest BCUT2D eigenvalue weighted by molar-refractivity contribution is 0.853. The number of thioether (sulfide) groups is 1. The number of rotatable bonds is 4. The summed E-state index contributed by atoms with van der Waals surface area (Å²) in [5.41, 5.74) is 4.06. The van der Waals surface area contributed by atoms with Gasteiger partial charge in [-0.05, 0) is 31.5 Å². The van der Waals surface area contributed by atoms with Gasteiger partial charge >= 0.3 is 0 Å². The van der Waals surface area contributed by atoms with Crippen molar-refractivity contribution in [1.29, 1.82) is 0 Å². The summed E-state index contributed by atoms with van der Waals surface area (Å²) in [5, 5.41) is 6.95. The van der Waals surface area contributed by atoms with Crippen LogP contribution in [-0.2, 0) is 0 Å². The first-order chi connectivity index (χ1) is 11.3. The minimum atomic E-state index is 0.459. The van der Waals surface area contributed by atoms with Crippen molar-refractivity contribution in [3.05, 3.63) is 45.7 Å². The number of thiazole rings is 1. The summed E-state index contributed by atoms with van der Waals surface area (Å²) in [6.45, 7) is 8.40. The number of hydrogen-bond donors (Lipinski definition) is 0. The van der Waals surface area contributed by atoms with Crippen LogP contribution in [-0.4, -0.2) is 20.0 Å². The van der Waals surface area contributed by atoms with Crippen molar-refractivity contribution < 1.29 is 0 Å². The number of benzene rings is 1. The van der Waals surface area contributed by atoms with Gasteiger partial charge in [-0.25, -0.2) is 9.67 Å². The third-order valence-electron chi connectivity index (χ3n) is 3.46. The summed E-state index contributed by atoms with van der Waals surface area (Å²) < 4.78 is 3.00. The van der Waals surface area contributed by atoms with Crippen LogP contribution in [0, 0.1) is 13.8 Å². The van der Waals surface area contributed by atoms with Crippen LogP contribution < -0.4 is 0 Å². The number of halogens is 2. The summed E-state index contributed by atoms with van der Waals surface area (Å²) in [6.07, 6.45) is 2.01. The molecule has 0 fully saturated rings. The van der Waals surface area contributed by atoms with E-state index in [2.05, 4.69) is 25.9 Å². The van der Waals surface area contributed by atoms with Crippen molar-refractivity contribution in [2.24, 2.45) is 0 Å². The fraction of sp³-hybridized carbons (Fsp3) is 0.294. The molecule has 0 amide bonds. The van der Waals surface area contributed by atoms with Crippen LogP contribution in [0.15, 0.2) is 28.6 Å². The molecule has 24 heavy (non-hydrogen) atoms. The van der Waals surface area contributed by atoms with E-state index in [1.165, 1.54) is 0 Å². The van der Waals surface area contributed by atoms with E-state index < -0.39 is 0 Å². The van der Waals surface area contributed by atoms with E-state index >= 15 is 0 Å². The van der Waals surface area contributed by atoms with Gasteiger partial charge < -0.3 is 0 Å². The van der Waals surface area contributed by atoms with Crippen LogP contribution in [0.5, 0.6) is 0 Å². The van der Waals surface area contributed by atoms with Gasteiger partial charge in [0.25, 0.3) is 0 Å². The molecular weight excluding hydrogens is 381 g/mol. The van der Waals surface area contributed by atoms with Crippen molar-refractivity contribution in [3.63, 3.8) is 0 Å². The van der Waals surface area contributed by atoms with Crippen LogP contribution in [0.4, 0.5) is 0 Å². The van der Waals surface area contributed by atoms with Crippen molar-refractivity contribution in [3.8, 4) is 16.4 Å². The number of aryl methyl sites for hydroxylation is 2. The third-order valence-corrected chi connectivity index (χ3v) is 6.46. The Morgan fingerprint density at radius 2 is 1.92 bits per heavy atom. The van der Waals surface area contributed by atoms with Crippen molar-refractivity contribution in [2.75, 3.05) is 0 Å². The van der Waals surface area contributed by atoms with Crippen molar-refractivity contribution in [1.82, 2.24) is 14.8 Å². The Labute approximate surface area is 160 Å². The van der Waals surface area contributed by atoms with E-state index in [0.717, 1.165) is 31.9 Å². The summed E-state index contributed by atoms with van der Waals surface area (Å²) >= 11 is 15.7. The molecule has 2 aromatic heterocycles. The largest absolute Gasteiger partial charge is 0.217 e. The maximum Gasteiger partial charge on any atom is 0.211 e. The molecule has 2 heterocycles. The number of aromatic nitrogens is 3. The molecule has 0 aliphatic heterocycles. The van der Waals surface area contributed by atoms with Gasteiger partial charge in [-0.15, -0.1) is 11.8 Å². The van der Waals surface area contributed by atoms with E-state index in [9.17, 15) is 0 Å². The molecule has 1 aromatic carbocycles. The smallest absolute Gasteiger partial charge is 0.211 e. The van der Waals surface area contributed by atoms with Gasteiger partial charge in [-0.2, -0.15) is 5.10 Å². The molecule has 0 bridgehead atoms. The topological polar surface area (TPSA) is 30.7 Å². The van der Waals surface area contributed by atoms with Gasteiger partial charge in [0.1, 0.15) is 0 Å². The fourth-order valence-electron chi connectivity index (χ4n) is 2.16. The summed E-state index contributed by atoms with van der Waals surface area (Å²) in [4.78, 5) is 4.83. The lowest BCUT2D eigenvalue weighted by atomic mass is 10.2. The Bertz CT molecular complexity index is 865. The SMILES string of the molecule is Cc1cn(-c2nc(-c3ccc(Cl)c(Cl)c3)c(SC(C)C)s2)nc1C. The molecule has 0 spiro atoms. The molecule has 0 saturated carbocycles. The predicted octanol–water partition coefficient (Wildman–Crippen LogP) is 6.42. The third kappa shape index (κ3) is 3.64. The Kier molecular flexibility index (Phi) is 5.25. The zero-order valence-electron chi connectivity index (χ0n) is 13.8. The van der Waals surface area contributed by atoms with Gasteiger partial charge in [-0.3, -0.25) is 0 Å². The molecule has 0 radical (unpaired) electrons. The average molecular weight is 398 g/mol. The maximum atomic E-state index is 6.19. The lowest BCUT2D eigenvalue weighted by Gasteiger charge is -2.05. The molecule has 0 atom stereocenters. The molecule has 3 rings (SSSR count). The van der Waals surface area contributed by atoms with E-state index in [1.807, 2.05) is 36.0 Å². The van der Waals surface area contributed by atoms with Crippen LogP contribution in [0.1, 0.15) is 25.1 Å². The van der Waals surface area contributed by atoms with Crippen molar-refractivity contribution in [2.45, 2.75) is 37.2 Å². The van der Waals surface area contributed by atoms with E-state index in [4.69, 9.17) is 28.2 Å². The van der Waals surface area contributed by atoms with E-state index in [1.54, 1.807) is 23.1 Å². The zero-order chi connectivity index (χ0) is 17.4. The normalized spacial score (nSPS) is 11.5. The summed E-state index contributed by atoms with van der Waals surface area (Å²) in [5.74, 6) is 0. The van der Waals surface area contributed by atoms with Gasteiger partial charge in [0.2, 0.25) is 5.13 Å². The molecule has 3 aromatic rings. The molecule has 126 valence electrons. The first kappa shape index (κ1) is 17.8. The highest BCUT2D eigenvalue weighted by Crippen LogP contribution is 2.40. The highest BCUT2D eigenvalue weighted by Gasteiger charge is 2.18. The average Bonchev–Trinajstić information content (AvgIpc) is 3.06. The summed E-state index contributed by atoms with van der Waals surface area (Å²) in [7, 11) is 0. The molecule has 7 heteroatoms. The Morgan fingerprint density at radius 1 is 1.17 bits per heavy atom. The lowest BCUT2D eigenvalue weighted by Crippen LogP contribution is -1.94. The molecule has 0 aliphatic carbocycles. The predicted molar refractivity (Wildman–Crippen MR) is 105 cm³/mol. The minimum Gasteiger partial charge on any atom is -0.217 e. The zero-order valence-corrected chi connectivity index (χ0v) is 16.9. The Hall–Kier alpha value is -1.01. The number of nitrogens with zero attached hydrogens (tertiary/aromatic N) is 3. The second-order valence-corrected chi connectivity index (χ2v) is 9.41. The van der Waals surface area contributed by atoms with Crippen molar-refractivity contribution >= 4 is 46.3 Å². The monoisotopic (exact) mass is 397 g/mol. The standard InChI is InChI=1S/C17H17Cl2N3S2/c1-9(2)23-16-15(12-5-6-13(18)14(19)7-12)20-17(24-16)22-8-10(3)11(4)21-22/h5-9H,1-4H3. The molecule has 0 saturated heterocycles. The van der Waals surface area contributed by atoms with Gasteiger partial charge in [0.05, 0.1) is 25.6 Å². The highest BCUT2D eigenvalue weighted by molar-refractivity contribution is 8.01. The second-order valence-electron chi connectivity index (χ2n) is 5.77. The van der Waals surface area contributed by atoms with Gasteiger partial charge in [0.15, 0.2) is 0 Å². The quantitative estimate of drug-likeness (QED) is 0.475. The Balaban J connectivity index is 2.11. The molecule has 0 unspecified atom stereocenters. The maximum absolute atomic E-state index is 6.19. The molecule has 0 aliphatic rings. The fourth-order valence-corrected chi connectivity index (χ4v) is 4.90. The van der Waals surface area contributed by atoms with Gasteiger partial charge in [-0.1, -0.05) is 54.5 Å². The Morgan fingerprint density at radius 3 is 2.50 bits per heavy atom. The van der Waals surface area contributed by atoms with E-state index in [-0.39, 0.29) is 0 Å². The molecular formula is C17H17Cl2N3S2. The number of hydrogen-bond acceptors (Lipinski definition) is 4. The highest BCUT2D eigenvalue weighted by atomic mass is 35.5. The van der Waals surface area contributed by atoms with Crippen LogP contribution in [0.3, 0.4) is 0 Å². The van der Waals surface area contributed by atoms with Crippen LogP contribution in [0.2, 0.25) is 10.0 Å². The van der Waals surface area contributed by atoms with E-state index in [0.29, 0.717) is 15.3 Å². The minimum absolute atomic E-state index is 0.459. The van der Waals surface area contributed by atoms with Crippen LogP contribution in [0.25, 0.3) is 16.4 Å². The van der Waals surface area contributed by atoms with Crippen LogP contribution >= 0.6 is 46.3 Å². The summed E-state index contributed by atoms with van der Waals surface area (Å²) in [6, 6.07) is 5.63. The molecule has 3 nitrogen and oxygen atoms in total. The first-order valence-electron chi connectivity index (χ1n) is 7.51. The first-order valence-corrected chi connectivity index (χ1v) is 9.96. The molecule has 0 N–H and O–H groups in total. The van der Waals surface area contributed by atoms with Gasteiger partial charge in [0, 0.05) is 17.0 Å². The second kappa shape index (κ2) is 7.08.